The standard InChI is InChI=1S/C26H20N4O/c1-16-29-25-15-28-24-10-4-18(17-3-9-23-19(13-17)11-12-27-23)14-22(24)26(25)30(16)20-5-7-21(31-2)8-6-20/h3-15,27H,1-2H3. The molecule has 0 aliphatic carbocycles. The molecule has 3 heterocycles. The number of nitrogens with one attached hydrogen (secondary N) is 1. The number of fused-ring (bicyclic) bond motifs is 4. The van der Waals surface area contributed by atoms with Crippen LogP contribution in [0.2, 0.25) is 0 Å². The van der Waals surface area contributed by atoms with Gasteiger partial charge in [0.15, 0.2) is 0 Å². The van der Waals surface area contributed by atoms with Crippen molar-refractivity contribution >= 4 is 32.8 Å². The molecule has 5 heteroatoms. The van der Waals surface area contributed by atoms with Crippen molar-refractivity contribution in [2.45, 2.75) is 6.92 Å². The summed E-state index contributed by atoms with van der Waals surface area (Å²) in [6.45, 7) is 2.03. The Morgan fingerprint density at radius 2 is 1.68 bits per heavy atom. The fourth-order valence-electron chi connectivity index (χ4n) is 4.33. The summed E-state index contributed by atoms with van der Waals surface area (Å²) in [4.78, 5) is 12.7. The van der Waals surface area contributed by atoms with Crippen molar-refractivity contribution in [3.8, 4) is 22.6 Å². The number of benzene rings is 3. The van der Waals surface area contributed by atoms with Crippen molar-refractivity contribution in [1.82, 2.24) is 19.5 Å². The smallest absolute Gasteiger partial charge is 0.119 e. The van der Waals surface area contributed by atoms with E-state index in [1.807, 2.05) is 31.5 Å². The molecule has 0 spiro atoms. The number of rotatable bonds is 3. The lowest BCUT2D eigenvalue weighted by atomic mass is 10.0. The van der Waals surface area contributed by atoms with Crippen LogP contribution < -0.4 is 4.74 Å². The maximum Gasteiger partial charge on any atom is 0.119 e. The van der Waals surface area contributed by atoms with Crippen LogP contribution in [0.5, 0.6) is 5.75 Å². The van der Waals surface area contributed by atoms with Crippen LogP contribution in [-0.2, 0) is 0 Å². The summed E-state index contributed by atoms with van der Waals surface area (Å²) in [7, 11) is 1.68. The zero-order valence-electron chi connectivity index (χ0n) is 17.3. The summed E-state index contributed by atoms with van der Waals surface area (Å²) in [5, 5.41) is 2.29. The van der Waals surface area contributed by atoms with Gasteiger partial charge in [-0.1, -0.05) is 12.1 Å². The van der Waals surface area contributed by atoms with E-state index in [2.05, 4.69) is 69.1 Å². The van der Waals surface area contributed by atoms with E-state index in [-0.39, 0.29) is 0 Å². The van der Waals surface area contributed by atoms with Crippen molar-refractivity contribution in [2.75, 3.05) is 7.11 Å². The topological polar surface area (TPSA) is 55.7 Å². The molecule has 3 aromatic carbocycles. The number of pyridine rings is 1. The predicted molar refractivity (Wildman–Crippen MR) is 125 cm³/mol. The SMILES string of the molecule is COc1ccc(-n2c(C)nc3cnc4ccc(-c5ccc6[nH]ccc6c5)cc4c32)cc1. The Hall–Kier alpha value is -4.12. The van der Waals surface area contributed by atoms with E-state index < -0.39 is 0 Å². The van der Waals surface area contributed by atoms with E-state index in [4.69, 9.17) is 9.72 Å². The fourth-order valence-corrected chi connectivity index (χ4v) is 4.33. The molecule has 150 valence electrons. The second kappa shape index (κ2) is 6.71. The van der Waals surface area contributed by atoms with Crippen LogP contribution in [0, 0.1) is 6.92 Å². The zero-order valence-corrected chi connectivity index (χ0v) is 17.3. The number of nitrogens with zero attached hydrogens (tertiary/aromatic N) is 3. The third kappa shape index (κ3) is 2.78. The number of aryl methyl sites for hydroxylation is 1. The number of ether oxygens (including phenoxy) is 1. The molecule has 5 nitrogen and oxygen atoms in total. The summed E-state index contributed by atoms with van der Waals surface area (Å²) in [6.07, 6.45) is 3.83. The summed E-state index contributed by atoms with van der Waals surface area (Å²) in [5.74, 6) is 1.76. The molecule has 0 saturated carbocycles. The quantitative estimate of drug-likeness (QED) is 0.391. The molecular formula is C26H20N4O. The molecule has 0 unspecified atom stereocenters. The molecule has 0 aliphatic heterocycles. The maximum atomic E-state index is 5.33. The monoisotopic (exact) mass is 404 g/mol. The first-order valence-corrected chi connectivity index (χ1v) is 10.2. The van der Waals surface area contributed by atoms with Gasteiger partial charge in [-0.3, -0.25) is 9.55 Å². The van der Waals surface area contributed by atoms with Gasteiger partial charge in [-0.05, 0) is 78.0 Å². The van der Waals surface area contributed by atoms with Gasteiger partial charge in [-0.2, -0.15) is 0 Å². The van der Waals surface area contributed by atoms with Crippen LogP contribution in [0.25, 0.3) is 49.7 Å². The van der Waals surface area contributed by atoms with Gasteiger partial charge in [-0.15, -0.1) is 0 Å². The highest BCUT2D eigenvalue weighted by Gasteiger charge is 2.14. The number of aromatic nitrogens is 4. The van der Waals surface area contributed by atoms with Crippen molar-refractivity contribution in [3.63, 3.8) is 0 Å². The Bertz CT molecular complexity index is 1570. The Labute approximate surface area is 179 Å². The summed E-state index contributed by atoms with van der Waals surface area (Å²) >= 11 is 0. The zero-order chi connectivity index (χ0) is 20.9. The molecule has 0 bridgehead atoms. The third-order valence-electron chi connectivity index (χ3n) is 5.87. The van der Waals surface area contributed by atoms with Crippen LogP contribution >= 0.6 is 0 Å². The Morgan fingerprint density at radius 1 is 0.871 bits per heavy atom. The number of imidazole rings is 1. The molecule has 31 heavy (non-hydrogen) atoms. The first-order valence-electron chi connectivity index (χ1n) is 10.2. The molecule has 6 rings (SSSR count). The summed E-state index contributed by atoms with van der Waals surface area (Å²) in [5.41, 5.74) is 7.43. The van der Waals surface area contributed by atoms with E-state index in [0.717, 1.165) is 50.3 Å². The summed E-state index contributed by atoms with van der Waals surface area (Å²) < 4.78 is 7.52. The van der Waals surface area contributed by atoms with E-state index >= 15 is 0 Å². The Kier molecular flexibility index (Phi) is 3.83. The van der Waals surface area contributed by atoms with Gasteiger partial charge in [-0.25, -0.2) is 4.98 Å². The van der Waals surface area contributed by atoms with Crippen LogP contribution in [-0.4, -0.2) is 26.6 Å². The number of aromatic amines is 1. The van der Waals surface area contributed by atoms with Crippen LogP contribution in [0.3, 0.4) is 0 Å². The number of hydrogen-bond donors (Lipinski definition) is 1. The average molecular weight is 404 g/mol. The minimum Gasteiger partial charge on any atom is -0.497 e. The lowest BCUT2D eigenvalue weighted by molar-refractivity contribution is 0.415. The highest BCUT2D eigenvalue weighted by Crippen LogP contribution is 2.32. The number of H-pyrrole nitrogens is 1. The molecule has 0 aliphatic rings. The van der Waals surface area contributed by atoms with Gasteiger partial charge in [0.1, 0.15) is 17.1 Å². The summed E-state index contributed by atoms with van der Waals surface area (Å²) in [6, 6.07) is 23.1. The highest BCUT2D eigenvalue weighted by atomic mass is 16.5. The molecule has 0 fully saturated rings. The van der Waals surface area contributed by atoms with E-state index in [0.29, 0.717) is 0 Å². The van der Waals surface area contributed by atoms with Gasteiger partial charge in [0, 0.05) is 22.8 Å². The highest BCUT2D eigenvalue weighted by molar-refractivity contribution is 6.05. The van der Waals surface area contributed by atoms with Gasteiger partial charge in [0.05, 0.1) is 24.3 Å². The number of methoxy groups -OCH3 is 1. The van der Waals surface area contributed by atoms with Crippen molar-refractivity contribution in [3.05, 3.63) is 84.9 Å². The maximum absolute atomic E-state index is 5.33. The van der Waals surface area contributed by atoms with Gasteiger partial charge < -0.3 is 9.72 Å². The molecule has 0 atom stereocenters. The minimum absolute atomic E-state index is 0.833. The number of hydrogen-bond acceptors (Lipinski definition) is 3. The first kappa shape index (κ1) is 17.7. The van der Waals surface area contributed by atoms with Crippen molar-refractivity contribution in [2.24, 2.45) is 0 Å². The third-order valence-corrected chi connectivity index (χ3v) is 5.87. The van der Waals surface area contributed by atoms with Gasteiger partial charge >= 0.3 is 0 Å². The normalized spacial score (nSPS) is 11.5. The molecule has 6 aromatic rings. The van der Waals surface area contributed by atoms with Crippen molar-refractivity contribution in [1.29, 1.82) is 0 Å². The van der Waals surface area contributed by atoms with Crippen molar-refractivity contribution < 1.29 is 4.74 Å². The van der Waals surface area contributed by atoms with Crippen LogP contribution in [0.4, 0.5) is 0 Å². The lowest BCUT2D eigenvalue weighted by Gasteiger charge is -2.11. The lowest BCUT2D eigenvalue weighted by Crippen LogP contribution is -1.98. The molecule has 1 N–H and O–H groups in total. The fraction of sp³-hybridized carbons (Fsp3) is 0.0769. The second-order valence-electron chi connectivity index (χ2n) is 7.70. The minimum atomic E-state index is 0.833. The van der Waals surface area contributed by atoms with E-state index in [1.165, 1.54) is 10.9 Å². The predicted octanol–water partition coefficient (Wildman–Crippen LogP) is 6.04. The molecule has 3 aromatic heterocycles. The van der Waals surface area contributed by atoms with E-state index in [9.17, 15) is 0 Å². The van der Waals surface area contributed by atoms with Gasteiger partial charge in [0.2, 0.25) is 0 Å². The van der Waals surface area contributed by atoms with E-state index in [1.54, 1.807) is 7.11 Å². The molecule has 0 saturated heterocycles. The molecular weight excluding hydrogens is 384 g/mol. The first-order chi connectivity index (χ1) is 15.2. The Morgan fingerprint density at radius 3 is 2.52 bits per heavy atom. The van der Waals surface area contributed by atoms with Crippen LogP contribution in [0.1, 0.15) is 5.82 Å². The second-order valence-corrected chi connectivity index (χ2v) is 7.70. The molecule has 0 amide bonds. The average Bonchev–Trinajstić information content (AvgIpc) is 3.42. The molecule has 0 radical (unpaired) electrons. The largest absolute Gasteiger partial charge is 0.497 e. The van der Waals surface area contributed by atoms with Crippen LogP contribution in [0.15, 0.2) is 79.1 Å². The van der Waals surface area contributed by atoms with Gasteiger partial charge in [0.25, 0.3) is 0 Å². The Balaban J connectivity index is 1.61.